The van der Waals surface area contributed by atoms with Gasteiger partial charge in [-0.15, -0.1) is 6.58 Å². The average Bonchev–Trinajstić information content (AvgIpc) is 2.67. The van der Waals surface area contributed by atoms with Gasteiger partial charge in [-0.25, -0.2) is 4.98 Å². The zero-order chi connectivity index (χ0) is 11.4. The first-order valence-electron chi connectivity index (χ1n) is 5.62. The van der Waals surface area contributed by atoms with E-state index in [0.717, 1.165) is 31.0 Å². The summed E-state index contributed by atoms with van der Waals surface area (Å²) in [6.07, 6.45) is 1.86. The molecule has 0 fully saturated rings. The van der Waals surface area contributed by atoms with Crippen LogP contribution in [0.1, 0.15) is 12.7 Å². The number of fused-ring (bicyclic) bond motifs is 1. The van der Waals surface area contributed by atoms with Crippen LogP contribution in [0.2, 0.25) is 0 Å². The number of imidazole rings is 1. The molecule has 3 heteroatoms. The van der Waals surface area contributed by atoms with E-state index in [4.69, 9.17) is 0 Å². The van der Waals surface area contributed by atoms with Crippen molar-refractivity contribution in [1.29, 1.82) is 0 Å². The van der Waals surface area contributed by atoms with Crippen molar-refractivity contribution < 1.29 is 0 Å². The SMILES string of the molecule is C=CCNCc1nc2ccccc2n1CC. The molecule has 0 saturated carbocycles. The van der Waals surface area contributed by atoms with Gasteiger partial charge in [-0.2, -0.15) is 0 Å². The summed E-state index contributed by atoms with van der Waals surface area (Å²) >= 11 is 0. The Kier molecular flexibility index (Phi) is 3.37. The maximum Gasteiger partial charge on any atom is 0.123 e. The molecule has 0 bridgehead atoms. The molecule has 2 aromatic rings. The largest absolute Gasteiger partial charge is 0.327 e. The van der Waals surface area contributed by atoms with E-state index in [9.17, 15) is 0 Å². The lowest BCUT2D eigenvalue weighted by atomic mass is 10.3. The first-order chi connectivity index (χ1) is 7.86. The van der Waals surface area contributed by atoms with Crippen molar-refractivity contribution >= 4 is 11.0 Å². The molecule has 0 aliphatic heterocycles. The lowest BCUT2D eigenvalue weighted by Gasteiger charge is -2.05. The summed E-state index contributed by atoms with van der Waals surface area (Å²) in [4.78, 5) is 4.62. The van der Waals surface area contributed by atoms with Crippen molar-refractivity contribution in [1.82, 2.24) is 14.9 Å². The van der Waals surface area contributed by atoms with Crippen LogP contribution in [0.25, 0.3) is 11.0 Å². The highest BCUT2D eigenvalue weighted by Gasteiger charge is 2.07. The van der Waals surface area contributed by atoms with Gasteiger partial charge >= 0.3 is 0 Å². The normalized spacial score (nSPS) is 10.8. The number of nitrogens with one attached hydrogen (secondary N) is 1. The van der Waals surface area contributed by atoms with Crippen molar-refractivity contribution in [3.8, 4) is 0 Å². The first-order valence-corrected chi connectivity index (χ1v) is 5.62. The van der Waals surface area contributed by atoms with Gasteiger partial charge in [-0.3, -0.25) is 0 Å². The Hall–Kier alpha value is -1.61. The topological polar surface area (TPSA) is 29.9 Å². The predicted molar refractivity (Wildman–Crippen MR) is 67.3 cm³/mol. The minimum atomic E-state index is 0.786. The van der Waals surface area contributed by atoms with E-state index in [-0.39, 0.29) is 0 Å². The molecule has 0 aliphatic carbocycles. The second kappa shape index (κ2) is 4.94. The zero-order valence-electron chi connectivity index (χ0n) is 9.61. The molecule has 0 amide bonds. The second-order valence-electron chi connectivity index (χ2n) is 3.68. The van der Waals surface area contributed by atoms with Crippen LogP contribution in [0, 0.1) is 0 Å². The summed E-state index contributed by atoms with van der Waals surface area (Å²) in [5.41, 5.74) is 2.28. The quantitative estimate of drug-likeness (QED) is 0.613. The molecule has 2 rings (SSSR count). The highest BCUT2D eigenvalue weighted by molar-refractivity contribution is 5.75. The third-order valence-corrected chi connectivity index (χ3v) is 2.62. The van der Waals surface area contributed by atoms with Gasteiger partial charge in [0.15, 0.2) is 0 Å². The molecule has 0 saturated heterocycles. The average molecular weight is 215 g/mol. The summed E-state index contributed by atoms with van der Waals surface area (Å²) in [7, 11) is 0. The van der Waals surface area contributed by atoms with Gasteiger partial charge in [-0.05, 0) is 19.1 Å². The van der Waals surface area contributed by atoms with Gasteiger partial charge in [0.05, 0.1) is 17.6 Å². The first kappa shape index (κ1) is 10.9. The van der Waals surface area contributed by atoms with Gasteiger partial charge in [0.25, 0.3) is 0 Å². The van der Waals surface area contributed by atoms with Crippen LogP contribution in [0.5, 0.6) is 0 Å². The fraction of sp³-hybridized carbons (Fsp3) is 0.308. The molecule has 0 unspecified atom stereocenters. The predicted octanol–water partition coefficient (Wildman–Crippen LogP) is 2.33. The fourth-order valence-electron chi connectivity index (χ4n) is 1.90. The monoisotopic (exact) mass is 215 g/mol. The Labute approximate surface area is 95.8 Å². The zero-order valence-corrected chi connectivity index (χ0v) is 9.61. The molecule has 1 heterocycles. The van der Waals surface area contributed by atoms with Gasteiger partial charge in [0.2, 0.25) is 0 Å². The lowest BCUT2D eigenvalue weighted by molar-refractivity contribution is 0.651. The minimum absolute atomic E-state index is 0.786. The Balaban J connectivity index is 2.32. The van der Waals surface area contributed by atoms with E-state index in [1.54, 1.807) is 0 Å². The maximum atomic E-state index is 4.62. The second-order valence-corrected chi connectivity index (χ2v) is 3.68. The number of rotatable bonds is 5. The van der Waals surface area contributed by atoms with Crippen molar-refractivity contribution in [2.45, 2.75) is 20.0 Å². The van der Waals surface area contributed by atoms with E-state index >= 15 is 0 Å². The third-order valence-electron chi connectivity index (χ3n) is 2.62. The highest BCUT2D eigenvalue weighted by atomic mass is 15.1. The third kappa shape index (κ3) is 1.99. The smallest absolute Gasteiger partial charge is 0.123 e. The summed E-state index contributed by atoms with van der Waals surface area (Å²) in [5, 5.41) is 3.29. The molecule has 0 spiro atoms. The van der Waals surface area contributed by atoms with Gasteiger partial charge in [0.1, 0.15) is 5.82 Å². The van der Waals surface area contributed by atoms with Crippen LogP contribution < -0.4 is 5.32 Å². The molecule has 1 aromatic carbocycles. The van der Waals surface area contributed by atoms with Gasteiger partial charge in [0, 0.05) is 13.1 Å². The Bertz CT molecular complexity index is 485. The molecular formula is C13H17N3. The number of hydrogen-bond acceptors (Lipinski definition) is 2. The van der Waals surface area contributed by atoms with Gasteiger partial charge in [-0.1, -0.05) is 18.2 Å². The molecule has 84 valence electrons. The van der Waals surface area contributed by atoms with Crippen LogP contribution in [-0.2, 0) is 13.1 Å². The Morgan fingerprint density at radius 1 is 1.44 bits per heavy atom. The molecule has 0 atom stereocenters. The van der Waals surface area contributed by atoms with Crippen LogP contribution in [0.4, 0.5) is 0 Å². The van der Waals surface area contributed by atoms with Crippen LogP contribution in [0.3, 0.4) is 0 Å². The van der Waals surface area contributed by atoms with Crippen molar-refractivity contribution in [2.75, 3.05) is 6.54 Å². The van der Waals surface area contributed by atoms with Crippen LogP contribution >= 0.6 is 0 Å². The highest BCUT2D eigenvalue weighted by Crippen LogP contribution is 2.15. The van der Waals surface area contributed by atoms with E-state index in [0.29, 0.717) is 0 Å². The summed E-state index contributed by atoms with van der Waals surface area (Å²) in [5.74, 6) is 1.09. The summed E-state index contributed by atoms with van der Waals surface area (Å²) in [6, 6.07) is 8.24. The van der Waals surface area contributed by atoms with E-state index in [1.165, 1.54) is 5.52 Å². The number of benzene rings is 1. The number of para-hydroxylation sites is 2. The van der Waals surface area contributed by atoms with Crippen molar-refractivity contribution in [3.63, 3.8) is 0 Å². The van der Waals surface area contributed by atoms with Crippen molar-refractivity contribution in [2.24, 2.45) is 0 Å². The number of aryl methyl sites for hydroxylation is 1. The lowest BCUT2D eigenvalue weighted by Crippen LogP contribution is -2.16. The van der Waals surface area contributed by atoms with E-state index in [2.05, 4.69) is 46.6 Å². The molecule has 0 aliphatic rings. The fourth-order valence-corrected chi connectivity index (χ4v) is 1.90. The molecule has 16 heavy (non-hydrogen) atoms. The van der Waals surface area contributed by atoms with E-state index < -0.39 is 0 Å². The minimum Gasteiger partial charge on any atom is -0.327 e. The number of nitrogens with zero attached hydrogens (tertiary/aromatic N) is 2. The molecule has 3 nitrogen and oxygen atoms in total. The molecular weight excluding hydrogens is 198 g/mol. The van der Waals surface area contributed by atoms with Crippen molar-refractivity contribution in [3.05, 3.63) is 42.7 Å². The summed E-state index contributed by atoms with van der Waals surface area (Å²) < 4.78 is 2.24. The maximum absolute atomic E-state index is 4.62. The van der Waals surface area contributed by atoms with Crippen LogP contribution in [0.15, 0.2) is 36.9 Å². The summed E-state index contributed by atoms with van der Waals surface area (Å²) in [6.45, 7) is 8.38. The van der Waals surface area contributed by atoms with E-state index in [1.807, 2.05) is 12.1 Å². The Morgan fingerprint density at radius 3 is 3.00 bits per heavy atom. The number of hydrogen-bond donors (Lipinski definition) is 1. The molecule has 0 radical (unpaired) electrons. The van der Waals surface area contributed by atoms with Gasteiger partial charge < -0.3 is 9.88 Å². The Morgan fingerprint density at radius 2 is 2.25 bits per heavy atom. The standard InChI is InChI=1S/C13H17N3/c1-3-9-14-10-13-15-11-7-5-6-8-12(11)16(13)4-2/h3,5-8,14H,1,4,9-10H2,2H3. The van der Waals surface area contributed by atoms with Crippen LogP contribution in [-0.4, -0.2) is 16.1 Å². The molecule has 1 aromatic heterocycles. The number of aromatic nitrogens is 2. The molecule has 1 N–H and O–H groups in total.